The first-order valence-corrected chi connectivity index (χ1v) is 8.07. The molecule has 2 aromatic carbocycles. The number of halogens is 6. The summed E-state index contributed by atoms with van der Waals surface area (Å²) in [5.74, 6) is 0.371. The minimum Gasteiger partial charge on any atom is -0.489 e. The molecule has 24 heavy (non-hydrogen) atoms. The third-order valence-corrected chi connectivity index (χ3v) is 4.10. The van der Waals surface area contributed by atoms with E-state index in [1.807, 2.05) is 0 Å². The average Bonchev–Trinajstić information content (AvgIpc) is 2.45. The highest BCUT2D eigenvalue weighted by atomic mass is 32.2. The quantitative estimate of drug-likeness (QED) is 0.431. The van der Waals surface area contributed by atoms with Gasteiger partial charge in [0.05, 0.1) is 0 Å². The van der Waals surface area contributed by atoms with Crippen LogP contribution in [0.4, 0.5) is 26.3 Å². The van der Waals surface area contributed by atoms with E-state index in [2.05, 4.69) is 0 Å². The second-order valence-corrected chi connectivity index (χ2v) is 6.78. The summed E-state index contributed by atoms with van der Waals surface area (Å²) in [6.07, 6.45) is 0. The monoisotopic (exact) mass is 384 g/mol. The lowest BCUT2D eigenvalue weighted by molar-refractivity contribution is -0.0337. The van der Waals surface area contributed by atoms with Gasteiger partial charge >= 0.3 is 11.0 Å². The zero-order chi connectivity index (χ0) is 17.8. The van der Waals surface area contributed by atoms with Crippen LogP contribution in [0.2, 0.25) is 0 Å². The summed E-state index contributed by atoms with van der Waals surface area (Å²) in [5, 5.41) is 0. The molecule has 0 N–H and O–H groups in total. The first-order valence-electron chi connectivity index (χ1n) is 6.44. The van der Waals surface area contributed by atoms with Crippen LogP contribution in [0, 0.1) is 0 Å². The van der Waals surface area contributed by atoms with E-state index in [-0.39, 0.29) is 39.9 Å². The van der Waals surface area contributed by atoms with Gasteiger partial charge in [0.2, 0.25) is 0 Å². The topological polar surface area (TPSA) is 9.23 Å². The molecule has 0 aromatic heterocycles. The summed E-state index contributed by atoms with van der Waals surface area (Å²) < 4.78 is 78.7. The Labute approximate surface area is 142 Å². The van der Waals surface area contributed by atoms with Gasteiger partial charge in [0.15, 0.2) is 0 Å². The Hall–Kier alpha value is -1.48. The van der Waals surface area contributed by atoms with E-state index in [4.69, 9.17) is 4.74 Å². The van der Waals surface area contributed by atoms with E-state index in [1.165, 1.54) is 48.5 Å². The Bertz CT molecular complexity index is 590. The predicted molar refractivity (Wildman–Crippen MR) is 81.0 cm³/mol. The van der Waals surface area contributed by atoms with E-state index in [1.54, 1.807) is 0 Å². The van der Waals surface area contributed by atoms with Crippen molar-refractivity contribution in [3.05, 3.63) is 54.1 Å². The summed E-state index contributed by atoms with van der Waals surface area (Å²) in [6.45, 7) is 0.0999. The summed E-state index contributed by atoms with van der Waals surface area (Å²) in [7, 11) is 0. The lowest BCUT2D eigenvalue weighted by Crippen LogP contribution is -2.00. The van der Waals surface area contributed by atoms with Crippen molar-refractivity contribution in [2.45, 2.75) is 27.4 Å². The van der Waals surface area contributed by atoms with E-state index < -0.39 is 11.0 Å². The molecule has 0 amide bonds. The number of alkyl halides is 6. The van der Waals surface area contributed by atoms with E-state index in [0.717, 1.165) is 0 Å². The number of hydrogen-bond donors (Lipinski definition) is 0. The van der Waals surface area contributed by atoms with Crippen LogP contribution in [0.25, 0.3) is 0 Å². The molecular weight excluding hydrogens is 374 g/mol. The van der Waals surface area contributed by atoms with Crippen LogP contribution in [-0.4, -0.2) is 11.0 Å². The van der Waals surface area contributed by atoms with Crippen LogP contribution in [0.3, 0.4) is 0 Å². The SMILES string of the molecule is FC(F)(F)Sc1ccc(COc2ccc(SC(F)(F)F)cc2)cc1. The molecule has 0 aliphatic rings. The largest absolute Gasteiger partial charge is 0.489 e. The minimum atomic E-state index is -4.35. The number of thioether (sulfide) groups is 2. The maximum absolute atomic E-state index is 12.2. The molecule has 0 aliphatic carbocycles. The second kappa shape index (κ2) is 7.60. The maximum Gasteiger partial charge on any atom is 0.446 e. The van der Waals surface area contributed by atoms with Crippen LogP contribution >= 0.6 is 23.5 Å². The number of ether oxygens (including phenoxy) is 1. The third kappa shape index (κ3) is 6.96. The highest BCUT2D eigenvalue weighted by Crippen LogP contribution is 2.38. The number of hydrogen-bond acceptors (Lipinski definition) is 3. The molecule has 0 aliphatic heterocycles. The fourth-order valence-corrected chi connectivity index (χ4v) is 2.77. The van der Waals surface area contributed by atoms with Crippen LogP contribution in [0.1, 0.15) is 5.56 Å². The van der Waals surface area contributed by atoms with Crippen LogP contribution in [-0.2, 0) is 6.61 Å². The summed E-state index contributed by atoms with van der Waals surface area (Å²) >= 11 is -0.425. The second-order valence-electron chi connectivity index (χ2n) is 4.50. The Morgan fingerprint density at radius 3 is 1.50 bits per heavy atom. The van der Waals surface area contributed by atoms with Gasteiger partial charge in [-0.25, -0.2) is 0 Å². The van der Waals surface area contributed by atoms with Gasteiger partial charge in [-0.15, -0.1) is 0 Å². The van der Waals surface area contributed by atoms with E-state index >= 15 is 0 Å². The highest BCUT2D eigenvalue weighted by molar-refractivity contribution is 8.00. The summed E-state index contributed by atoms with van der Waals surface area (Å²) in [6, 6.07) is 11.1. The van der Waals surface area contributed by atoms with Crippen molar-refractivity contribution in [2.24, 2.45) is 0 Å². The highest BCUT2D eigenvalue weighted by Gasteiger charge is 2.29. The number of benzene rings is 2. The molecule has 130 valence electrons. The minimum absolute atomic E-state index is 0.0448. The fourth-order valence-electron chi connectivity index (χ4n) is 1.69. The summed E-state index contributed by atoms with van der Waals surface area (Å²) in [5.41, 5.74) is -8.04. The standard InChI is InChI=1S/C15H10F6OS2/c16-14(17,18)23-12-5-1-10(2-6-12)9-22-11-3-7-13(8-4-11)24-15(19,20)21/h1-8H,9H2. The molecule has 0 fully saturated rings. The van der Waals surface area contributed by atoms with E-state index in [9.17, 15) is 26.3 Å². The van der Waals surface area contributed by atoms with Gasteiger partial charge in [-0.2, -0.15) is 26.3 Å². The van der Waals surface area contributed by atoms with Gasteiger partial charge in [-0.3, -0.25) is 0 Å². The zero-order valence-electron chi connectivity index (χ0n) is 11.8. The van der Waals surface area contributed by atoms with Gasteiger partial charge in [0.1, 0.15) is 12.4 Å². The Morgan fingerprint density at radius 2 is 1.08 bits per heavy atom. The number of rotatable bonds is 5. The molecule has 2 aromatic rings. The van der Waals surface area contributed by atoms with Gasteiger partial charge in [0, 0.05) is 9.79 Å². The molecule has 2 rings (SSSR count). The van der Waals surface area contributed by atoms with Crippen LogP contribution < -0.4 is 4.74 Å². The zero-order valence-corrected chi connectivity index (χ0v) is 13.5. The molecule has 9 heteroatoms. The van der Waals surface area contributed by atoms with Gasteiger partial charge in [-0.05, 0) is 65.5 Å². The van der Waals surface area contributed by atoms with Crippen molar-refractivity contribution < 1.29 is 31.1 Å². The smallest absolute Gasteiger partial charge is 0.446 e. The molecule has 0 spiro atoms. The van der Waals surface area contributed by atoms with Crippen LogP contribution in [0.15, 0.2) is 58.3 Å². The molecule has 1 nitrogen and oxygen atoms in total. The van der Waals surface area contributed by atoms with Crippen LogP contribution in [0.5, 0.6) is 5.75 Å². The molecule has 0 radical (unpaired) electrons. The third-order valence-electron chi connectivity index (χ3n) is 2.62. The Morgan fingerprint density at radius 1 is 0.667 bits per heavy atom. The van der Waals surface area contributed by atoms with Crippen molar-refractivity contribution in [3.8, 4) is 5.75 Å². The summed E-state index contributed by atoms with van der Waals surface area (Å²) in [4.78, 5) is 0.114. The van der Waals surface area contributed by atoms with Gasteiger partial charge in [-0.1, -0.05) is 12.1 Å². The first-order chi connectivity index (χ1) is 11.1. The van der Waals surface area contributed by atoms with Crippen molar-refractivity contribution in [1.82, 2.24) is 0 Å². The normalized spacial score (nSPS) is 12.2. The van der Waals surface area contributed by atoms with Crippen molar-refractivity contribution in [2.75, 3.05) is 0 Å². The maximum atomic E-state index is 12.2. The molecule has 0 atom stereocenters. The van der Waals surface area contributed by atoms with Gasteiger partial charge in [0.25, 0.3) is 0 Å². The first kappa shape index (κ1) is 18.9. The molecular formula is C15H10F6OS2. The van der Waals surface area contributed by atoms with Crippen molar-refractivity contribution in [3.63, 3.8) is 0 Å². The predicted octanol–water partition coefficient (Wildman–Crippen LogP) is 6.49. The lowest BCUT2D eigenvalue weighted by atomic mass is 10.2. The molecule has 0 heterocycles. The van der Waals surface area contributed by atoms with E-state index in [0.29, 0.717) is 11.3 Å². The molecule has 0 saturated carbocycles. The Balaban J connectivity index is 1.89. The van der Waals surface area contributed by atoms with Gasteiger partial charge < -0.3 is 4.74 Å². The molecule has 0 unspecified atom stereocenters. The fraction of sp³-hybridized carbons (Fsp3) is 0.200. The average molecular weight is 384 g/mol. The molecule has 0 saturated heterocycles. The molecule has 0 bridgehead atoms. The van der Waals surface area contributed by atoms with Crippen molar-refractivity contribution in [1.29, 1.82) is 0 Å². The lowest BCUT2D eigenvalue weighted by Gasteiger charge is -2.09. The van der Waals surface area contributed by atoms with Crippen molar-refractivity contribution >= 4 is 23.5 Å². The Kier molecular flexibility index (Phi) is 5.97.